The zero-order chi connectivity index (χ0) is 21.1. The Labute approximate surface area is 169 Å². The predicted molar refractivity (Wildman–Crippen MR) is 112 cm³/mol. The maximum Gasteiger partial charge on any atom is 0.337 e. The number of methoxy groups -OCH3 is 1. The Bertz CT molecular complexity index is 1080. The van der Waals surface area contributed by atoms with Gasteiger partial charge >= 0.3 is 5.97 Å². The van der Waals surface area contributed by atoms with Crippen molar-refractivity contribution >= 4 is 22.7 Å². The summed E-state index contributed by atoms with van der Waals surface area (Å²) < 4.78 is 6.08. The number of hydrogen-bond donors (Lipinski definition) is 1. The van der Waals surface area contributed by atoms with E-state index >= 15 is 0 Å². The van der Waals surface area contributed by atoms with E-state index < -0.39 is 0 Å². The van der Waals surface area contributed by atoms with Gasteiger partial charge in [0.25, 0.3) is 5.56 Å². The Hall–Kier alpha value is -3.26. The van der Waals surface area contributed by atoms with Crippen LogP contribution < -0.4 is 10.9 Å². The molecule has 0 saturated heterocycles. The van der Waals surface area contributed by atoms with Crippen LogP contribution in [-0.2, 0) is 11.8 Å². The van der Waals surface area contributed by atoms with Crippen LogP contribution in [0.5, 0.6) is 0 Å². The summed E-state index contributed by atoms with van der Waals surface area (Å²) in [4.78, 5) is 30.5. The first-order chi connectivity index (χ1) is 13.8. The van der Waals surface area contributed by atoms with Crippen molar-refractivity contribution in [3.8, 4) is 0 Å². The molecule has 2 aromatic heterocycles. The number of aryl methyl sites for hydroxylation is 1. The number of carbonyl (C=O) groups excluding carboxylic acids is 1. The molecule has 0 amide bonds. The molecule has 1 aromatic carbocycles. The minimum Gasteiger partial charge on any atom is -0.465 e. The second-order valence-electron chi connectivity index (χ2n) is 7.13. The number of pyridine rings is 1. The summed E-state index contributed by atoms with van der Waals surface area (Å²) in [5.74, 6) is 0.185. The molecular weight excluding hydrogens is 370 g/mol. The number of rotatable bonds is 6. The largest absolute Gasteiger partial charge is 0.465 e. The molecule has 0 radical (unpaired) electrons. The van der Waals surface area contributed by atoms with E-state index in [9.17, 15) is 9.59 Å². The lowest BCUT2D eigenvalue weighted by molar-refractivity contribution is 0.0600. The molecule has 2 heterocycles. The SMILES string of the molecule is COC(=O)c1ccc(C(C(C)Nc2nn(C)c(=O)c3cccnc23)N(C)C)cc1. The highest BCUT2D eigenvalue weighted by Crippen LogP contribution is 2.26. The van der Waals surface area contributed by atoms with Crippen LogP contribution in [0.4, 0.5) is 5.82 Å². The van der Waals surface area contributed by atoms with E-state index in [0.29, 0.717) is 22.3 Å². The fourth-order valence-electron chi connectivity index (χ4n) is 3.54. The molecule has 2 unspecified atom stereocenters. The Morgan fingerprint density at radius 1 is 1.21 bits per heavy atom. The van der Waals surface area contributed by atoms with Crippen LogP contribution in [0.2, 0.25) is 0 Å². The van der Waals surface area contributed by atoms with E-state index in [1.165, 1.54) is 11.8 Å². The van der Waals surface area contributed by atoms with Gasteiger partial charge in [0.2, 0.25) is 0 Å². The van der Waals surface area contributed by atoms with Gasteiger partial charge in [-0.25, -0.2) is 9.48 Å². The first-order valence-electron chi connectivity index (χ1n) is 9.26. The van der Waals surface area contributed by atoms with Crippen molar-refractivity contribution < 1.29 is 9.53 Å². The van der Waals surface area contributed by atoms with Crippen molar-refractivity contribution in [1.29, 1.82) is 0 Å². The van der Waals surface area contributed by atoms with Crippen molar-refractivity contribution in [2.45, 2.75) is 19.0 Å². The number of esters is 1. The zero-order valence-electron chi connectivity index (χ0n) is 17.2. The number of ether oxygens (including phenoxy) is 1. The number of nitrogens with one attached hydrogen (secondary N) is 1. The quantitative estimate of drug-likeness (QED) is 0.640. The van der Waals surface area contributed by atoms with Crippen LogP contribution in [-0.4, -0.2) is 52.9 Å². The third-order valence-electron chi connectivity index (χ3n) is 4.87. The zero-order valence-corrected chi connectivity index (χ0v) is 17.2. The predicted octanol–water partition coefficient (Wildman–Crippen LogP) is 2.22. The summed E-state index contributed by atoms with van der Waals surface area (Å²) in [5.41, 5.74) is 1.89. The van der Waals surface area contributed by atoms with Gasteiger partial charge in [0, 0.05) is 19.3 Å². The van der Waals surface area contributed by atoms with E-state index in [4.69, 9.17) is 4.74 Å². The summed E-state index contributed by atoms with van der Waals surface area (Å²) in [7, 11) is 6.96. The third kappa shape index (κ3) is 4.12. The van der Waals surface area contributed by atoms with Gasteiger partial charge in [-0.15, -0.1) is 0 Å². The van der Waals surface area contributed by atoms with Crippen molar-refractivity contribution in [3.05, 3.63) is 64.1 Å². The van der Waals surface area contributed by atoms with Gasteiger partial charge in [-0.2, -0.15) is 5.10 Å². The summed E-state index contributed by atoms with van der Waals surface area (Å²) in [6.45, 7) is 2.04. The Morgan fingerprint density at radius 2 is 1.90 bits per heavy atom. The second kappa shape index (κ2) is 8.40. The molecular formula is C21H25N5O3. The monoisotopic (exact) mass is 395 g/mol. The van der Waals surface area contributed by atoms with Gasteiger partial charge < -0.3 is 15.0 Å². The van der Waals surface area contributed by atoms with E-state index in [2.05, 4.69) is 20.3 Å². The summed E-state index contributed by atoms with van der Waals surface area (Å²) in [5, 5.41) is 8.31. The first kappa shape index (κ1) is 20.5. The fourth-order valence-corrected chi connectivity index (χ4v) is 3.54. The lowest BCUT2D eigenvalue weighted by Gasteiger charge is -2.31. The van der Waals surface area contributed by atoms with Crippen LogP contribution in [0.3, 0.4) is 0 Å². The molecule has 8 nitrogen and oxygen atoms in total. The van der Waals surface area contributed by atoms with Crippen LogP contribution in [0.1, 0.15) is 28.9 Å². The molecule has 0 spiro atoms. The van der Waals surface area contributed by atoms with Crippen molar-refractivity contribution in [2.24, 2.45) is 7.05 Å². The van der Waals surface area contributed by atoms with Gasteiger partial charge in [-0.3, -0.25) is 9.78 Å². The minimum atomic E-state index is -0.365. The van der Waals surface area contributed by atoms with E-state index in [0.717, 1.165) is 5.56 Å². The van der Waals surface area contributed by atoms with Crippen molar-refractivity contribution in [3.63, 3.8) is 0 Å². The maximum atomic E-state index is 12.3. The number of aromatic nitrogens is 3. The van der Waals surface area contributed by atoms with E-state index in [1.54, 1.807) is 37.5 Å². The first-order valence-corrected chi connectivity index (χ1v) is 9.26. The normalized spacial score (nSPS) is 13.3. The molecule has 0 saturated carbocycles. The molecule has 0 bridgehead atoms. The summed E-state index contributed by atoms with van der Waals surface area (Å²) in [6, 6.07) is 10.7. The molecule has 0 aliphatic rings. The highest BCUT2D eigenvalue weighted by Gasteiger charge is 2.23. The minimum absolute atomic E-state index is 0.0144. The fraction of sp³-hybridized carbons (Fsp3) is 0.333. The van der Waals surface area contributed by atoms with Crippen LogP contribution in [0.15, 0.2) is 47.4 Å². The Kier molecular flexibility index (Phi) is 5.93. The molecule has 8 heteroatoms. The molecule has 3 aromatic rings. The lowest BCUT2D eigenvalue weighted by atomic mass is 9.98. The van der Waals surface area contributed by atoms with Crippen LogP contribution >= 0.6 is 0 Å². The molecule has 2 atom stereocenters. The van der Waals surface area contributed by atoms with Gasteiger partial charge in [0.15, 0.2) is 5.82 Å². The van der Waals surface area contributed by atoms with Crippen LogP contribution in [0, 0.1) is 0 Å². The maximum absolute atomic E-state index is 12.3. The Balaban J connectivity index is 1.94. The number of benzene rings is 1. The van der Waals surface area contributed by atoms with Crippen LogP contribution in [0.25, 0.3) is 10.9 Å². The number of fused-ring (bicyclic) bond motifs is 1. The highest BCUT2D eigenvalue weighted by atomic mass is 16.5. The number of carbonyl (C=O) groups is 1. The van der Waals surface area contributed by atoms with Gasteiger partial charge in [0.05, 0.1) is 24.1 Å². The lowest BCUT2D eigenvalue weighted by Crippen LogP contribution is -2.35. The van der Waals surface area contributed by atoms with Crippen molar-refractivity contribution in [1.82, 2.24) is 19.7 Å². The number of hydrogen-bond acceptors (Lipinski definition) is 7. The van der Waals surface area contributed by atoms with Gasteiger partial charge in [-0.1, -0.05) is 12.1 Å². The average molecular weight is 395 g/mol. The average Bonchev–Trinajstić information content (AvgIpc) is 2.71. The third-order valence-corrected chi connectivity index (χ3v) is 4.87. The second-order valence-corrected chi connectivity index (χ2v) is 7.13. The summed E-state index contributed by atoms with van der Waals surface area (Å²) >= 11 is 0. The highest BCUT2D eigenvalue weighted by molar-refractivity contribution is 5.89. The summed E-state index contributed by atoms with van der Waals surface area (Å²) in [6.07, 6.45) is 1.65. The molecule has 29 heavy (non-hydrogen) atoms. The molecule has 0 aliphatic carbocycles. The standard InChI is InChI=1S/C21H25N5O3/c1-13(18(25(2)3)14-8-10-15(11-9-14)21(28)29-5)23-19-17-16(7-6-12-22-17)20(27)26(4)24-19/h6-13,18H,1-5H3,(H,23,24). The molecule has 1 N–H and O–H groups in total. The van der Waals surface area contributed by atoms with E-state index in [1.807, 2.05) is 33.2 Å². The molecule has 152 valence electrons. The van der Waals surface area contributed by atoms with E-state index in [-0.39, 0.29) is 23.6 Å². The molecule has 0 fully saturated rings. The smallest absolute Gasteiger partial charge is 0.337 e. The Morgan fingerprint density at radius 3 is 2.52 bits per heavy atom. The molecule has 3 rings (SSSR count). The van der Waals surface area contributed by atoms with Gasteiger partial charge in [-0.05, 0) is 50.8 Å². The van der Waals surface area contributed by atoms with Gasteiger partial charge in [0.1, 0.15) is 5.52 Å². The topological polar surface area (TPSA) is 89.3 Å². The number of anilines is 1. The molecule has 0 aliphatic heterocycles. The van der Waals surface area contributed by atoms with Crippen molar-refractivity contribution in [2.75, 3.05) is 26.5 Å². The number of likely N-dealkylation sites (N-methyl/N-ethyl adjacent to an activating group) is 1. The number of nitrogens with zero attached hydrogens (tertiary/aromatic N) is 4.